The number of fused-ring (bicyclic) bond motifs is 3. The number of H-pyrrole nitrogens is 1. The van der Waals surface area contributed by atoms with Gasteiger partial charge in [0.15, 0.2) is 5.65 Å². The molecule has 0 aliphatic rings. The Morgan fingerprint density at radius 3 is 3.18 bits per heavy atom. The van der Waals surface area contributed by atoms with Gasteiger partial charge < -0.3 is 9.30 Å². The van der Waals surface area contributed by atoms with Crippen molar-refractivity contribution in [2.24, 2.45) is 7.05 Å². The third-order valence-electron chi connectivity index (χ3n) is 2.65. The van der Waals surface area contributed by atoms with Gasteiger partial charge in [-0.25, -0.2) is 10.1 Å². The second kappa shape index (κ2) is 3.64. The molecule has 0 atom stereocenters. The first kappa shape index (κ1) is 10.4. The van der Waals surface area contributed by atoms with Gasteiger partial charge in [0.05, 0.1) is 17.5 Å². The first-order chi connectivity index (χ1) is 8.22. The molecule has 88 valence electrons. The van der Waals surface area contributed by atoms with E-state index < -0.39 is 0 Å². The summed E-state index contributed by atoms with van der Waals surface area (Å²) in [6, 6.07) is 0. The van der Waals surface area contributed by atoms with Crippen LogP contribution in [0.15, 0.2) is 11.0 Å². The summed E-state index contributed by atoms with van der Waals surface area (Å²) in [5.41, 5.74) is 1.22. The molecule has 3 heterocycles. The van der Waals surface area contributed by atoms with Crippen molar-refractivity contribution in [1.29, 1.82) is 0 Å². The summed E-state index contributed by atoms with van der Waals surface area (Å²) in [5, 5.41) is 8.00. The molecule has 0 radical (unpaired) electrons. The molecule has 0 aliphatic heterocycles. The van der Waals surface area contributed by atoms with E-state index in [1.54, 1.807) is 17.9 Å². The molecule has 3 aromatic heterocycles. The Labute approximate surface area is 99.9 Å². The van der Waals surface area contributed by atoms with Gasteiger partial charge in [-0.3, -0.25) is 4.79 Å². The molecule has 3 rings (SSSR count). The van der Waals surface area contributed by atoms with Crippen LogP contribution in [-0.2, 0) is 18.4 Å². The molecular weight excluding hydrogens is 240 g/mol. The van der Waals surface area contributed by atoms with Gasteiger partial charge in [0.25, 0.3) is 5.56 Å². The van der Waals surface area contributed by atoms with Crippen molar-refractivity contribution in [3.05, 3.63) is 21.6 Å². The van der Waals surface area contributed by atoms with Gasteiger partial charge >= 0.3 is 0 Å². The maximum absolute atomic E-state index is 11.7. The maximum atomic E-state index is 11.7. The Morgan fingerprint density at radius 2 is 2.41 bits per heavy atom. The smallest absolute Gasteiger partial charge is 0.288 e. The quantitative estimate of drug-likeness (QED) is 0.737. The number of hydrogen-bond donors (Lipinski definition) is 1. The third-order valence-corrected chi connectivity index (χ3v) is 3.70. The molecule has 0 spiro atoms. The van der Waals surface area contributed by atoms with E-state index in [2.05, 4.69) is 15.2 Å². The summed E-state index contributed by atoms with van der Waals surface area (Å²) < 4.78 is 7.83. The summed E-state index contributed by atoms with van der Waals surface area (Å²) in [6.07, 6.45) is 1.66. The van der Waals surface area contributed by atoms with E-state index >= 15 is 0 Å². The molecule has 0 unspecified atom stereocenters. The first-order valence-corrected chi connectivity index (χ1v) is 5.84. The van der Waals surface area contributed by atoms with Crippen molar-refractivity contribution in [1.82, 2.24) is 19.7 Å². The van der Waals surface area contributed by atoms with Gasteiger partial charge in [-0.15, -0.1) is 11.3 Å². The average molecular weight is 250 g/mol. The highest BCUT2D eigenvalue weighted by Gasteiger charge is 2.15. The van der Waals surface area contributed by atoms with Crippen molar-refractivity contribution in [2.75, 3.05) is 7.11 Å². The Kier molecular flexibility index (Phi) is 2.23. The zero-order chi connectivity index (χ0) is 12.0. The number of methoxy groups -OCH3 is 1. The normalized spacial score (nSPS) is 11.6. The fourth-order valence-corrected chi connectivity index (χ4v) is 3.02. The van der Waals surface area contributed by atoms with Crippen LogP contribution in [0.25, 0.3) is 21.3 Å². The van der Waals surface area contributed by atoms with Gasteiger partial charge in [0.1, 0.15) is 10.5 Å². The first-order valence-electron chi connectivity index (χ1n) is 5.02. The number of hydrogen-bond acceptors (Lipinski definition) is 5. The van der Waals surface area contributed by atoms with Crippen molar-refractivity contribution < 1.29 is 4.74 Å². The number of aromatic amines is 1. The molecule has 7 heteroatoms. The highest BCUT2D eigenvalue weighted by molar-refractivity contribution is 7.19. The van der Waals surface area contributed by atoms with E-state index in [-0.39, 0.29) is 5.56 Å². The predicted octanol–water partition coefficient (Wildman–Crippen LogP) is 1.02. The van der Waals surface area contributed by atoms with Crippen molar-refractivity contribution in [3.63, 3.8) is 0 Å². The molecule has 17 heavy (non-hydrogen) atoms. The lowest BCUT2D eigenvalue weighted by molar-refractivity contribution is 0.184. The molecule has 0 bridgehead atoms. The second-order valence-corrected chi connectivity index (χ2v) is 4.80. The topological polar surface area (TPSA) is 72.8 Å². The van der Waals surface area contributed by atoms with Crippen LogP contribution in [0.2, 0.25) is 0 Å². The zero-order valence-electron chi connectivity index (χ0n) is 9.35. The lowest BCUT2D eigenvalue weighted by Gasteiger charge is -1.95. The van der Waals surface area contributed by atoms with Gasteiger partial charge in [-0.05, 0) is 0 Å². The van der Waals surface area contributed by atoms with Crippen LogP contribution >= 0.6 is 11.3 Å². The van der Waals surface area contributed by atoms with Crippen molar-refractivity contribution >= 4 is 32.6 Å². The molecular formula is C10H10N4O2S. The molecule has 0 aromatic carbocycles. The Bertz CT molecular complexity index is 755. The van der Waals surface area contributed by atoms with Crippen LogP contribution in [0.4, 0.5) is 0 Å². The van der Waals surface area contributed by atoms with Gasteiger partial charge in [0.2, 0.25) is 0 Å². The number of aryl methyl sites for hydroxylation is 1. The van der Waals surface area contributed by atoms with E-state index in [1.807, 2.05) is 7.05 Å². The Balaban J connectivity index is 2.43. The van der Waals surface area contributed by atoms with Gasteiger partial charge in [-0.1, -0.05) is 0 Å². The molecule has 0 saturated heterocycles. The zero-order valence-corrected chi connectivity index (χ0v) is 10.2. The maximum Gasteiger partial charge on any atom is 0.288 e. The lowest BCUT2D eigenvalue weighted by Crippen LogP contribution is -2.10. The molecule has 3 aromatic rings. The summed E-state index contributed by atoms with van der Waals surface area (Å²) in [6.45, 7) is 0.484. The largest absolute Gasteiger partial charge is 0.378 e. The van der Waals surface area contributed by atoms with Gasteiger partial charge in [-0.2, -0.15) is 5.10 Å². The summed E-state index contributed by atoms with van der Waals surface area (Å²) in [5.74, 6) is 0. The van der Waals surface area contributed by atoms with E-state index in [4.69, 9.17) is 4.74 Å². The highest BCUT2D eigenvalue weighted by atomic mass is 32.1. The van der Waals surface area contributed by atoms with E-state index in [1.165, 1.54) is 11.3 Å². The van der Waals surface area contributed by atoms with Crippen LogP contribution in [0.5, 0.6) is 0 Å². The van der Waals surface area contributed by atoms with Crippen LogP contribution in [0, 0.1) is 0 Å². The second-order valence-electron chi connectivity index (χ2n) is 3.71. The van der Waals surface area contributed by atoms with E-state index in [9.17, 15) is 4.79 Å². The number of aromatic nitrogens is 4. The standard InChI is InChI=1S/C10H10N4O2S/c1-14-7-5(3-11-13-10(7)15)8-9(14)12-6(17-8)4-16-2/h3H,4H2,1-2H3,(H,13,15). The SMILES string of the molecule is COCc1nc2c(s1)c1cn[nH]c(=O)c1n2C. The fraction of sp³-hybridized carbons (Fsp3) is 0.300. The average Bonchev–Trinajstić information content (AvgIpc) is 2.81. The fourth-order valence-electron chi connectivity index (χ4n) is 1.94. The molecule has 6 nitrogen and oxygen atoms in total. The molecule has 0 fully saturated rings. The van der Waals surface area contributed by atoms with Crippen molar-refractivity contribution in [3.8, 4) is 0 Å². The monoisotopic (exact) mass is 250 g/mol. The lowest BCUT2D eigenvalue weighted by atomic mass is 10.4. The molecule has 0 aliphatic carbocycles. The number of nitrogens with one attached hydrogen (secondary N) is 1. The summed E-state index contributed by atoms with van der Waals surface area (Å²) in [4.78, 5) is 16.1. The van der Waals surface area contributed by atoms with E-state index in [0.29, 0.717) is 12.1 Å². The van der Waals surface area contributed by atoms with Crippen LogP contribution in [0.1, 0.15) is 5.01 Å². The number of ether oxygens (including phenoxy) is 1. The van der Waals surface area contributed by atoms with Crippen molar-refractivity contribution in [2.45, 2.75) is 6.61 Å². The van der Waals surface area contributed by atoms with Crippen LogP contribution in [-0.4, -0.2) is 26.9 Å². The van der Waals surface area contributed by atoms with Gasteiger partial charge in [0, 0.05) is 19.5 Å². The summed E-state index contributed by atoms with van der Waals surface area (Å²) >= 11 is 1.53. The van der Waals surface area contributed by atoms with Crippen LogP contribution < -0.4 is 5.56 Å². The minimum atomic E-state index is -0.191. The molecule has 0 amide bonds. The minimum absolute atomic E-state index is 0.191. The third kappa shape index (κ3) is 1.39. The number of rotatable bonds is 2. The molecule has 0 saturated carbocycles. The van der Waals surface area contributed by atoms with E-state index in [0.717, 1.165) is 20.7 Å². The number of nitrogens with zero attached hydrogens (tertiary/aromatic N) is 3. The Morgan fingerprint density at radius 1 is 1.59 bits per heavy atom. The highest BCUT2D eigenvalue weighted by Crippen LogP contribution is 2.30. The van der Waals surface area contributed by atoms with Crippen LogP contribution in [0.3, 0.4) is 0 Å². The Hall–Kier alpha value is -1.73. The minimum Gasteiger partial charge on any atom is -0.378 e. The summed E-state index contributed by atoms with van der Waals surface area (Å²) in [7, 11) is 3.46. The predicted molar refractivity (Wildman–Crippen MR) is 65.2 cm³/mol. The number of thiazole rings is 1. The molecule has 1 N–H and O–H groups in total.